The molecule has 0 amide bonds. The van der Waals surface area contributed by atoms with Crippen LogP contribution in [0.3, 0.4) is 0 Å². The Bertz CT molecular complexity index is 363. The van der Waals surface area contributed by atoms with Crippen LogP contribution >= 0.6 is 0 Å². The van der Waals surface area contributed by atoms with Crippen LogP contribution in [0.1, 0.15) is 38.8 Å². The lowest BCUT2D eigenvalue weighted by molar-refractivity contribution is 0.0985. The summed E-state index contributed by atoms with van der Waals surface area (Å²) in [5, 5.41) is 0. The van der Waals surface area contributed by atoms with E-state index in [1.54, 1.807) is 6.07 Å². The monoisotopic (exact) mass is 238 g/mol. The first-order valence-electron chi connectivity index (χ1n) is 6.11. The van der Waals surface area contributed by atoms with E-state index in [0.717, 1.165) is 6.42 Å². The SMILES string of the molecule is CCC(C)(C)N(C)C(CN)c1ccccc1F. The minimum absolute atomic E-state index is 0.00627. The molecule has 2 nitrogen and oxygen atoms in total. The minimum atomic E-state index is -0.179. The Morgan fingerprint density at radius 1 is 1.35 bits per heavy atom. The highest BCUT2D eigenvalue weighted by Gasteiger charge is 2.29. The highest BCUT2D eigenvalue weighted by atomic mass is 19.1. The summed E-state index contributed by atoms with van der Waals surface area (Å²) in [5.74, 6) is -0.179. The molecule has 0 saturated carbocycles. The van der Waals surface area contributed by atoms with Gasteiger partial charge >= 0.3 is 0 Å². The average Bonchev–Trinajstić information content (AvgIpc) is 2.32. The van der Waals surface area contributed by atoms with Crippen LogP contribution in [0.2, 0.25) is 0 Å². The maximum absolute atomic E-state index is 13.8. The summed E-state index contributed by atoms with van der Waals surface area (Å²) in [6.07, 6.45) is 0.994. The molecule has 3 heteroatoms. The molecule has 0 fully saturated rings. The van der Waals surface area contributed by atoms with Gasteiger partial charge in [-0.2, -0.15) is 0 Å². The van der Waals surface area contributed by atoms with E-state index in [-0.39, 0.29) is 17.4 Å². The molecule has 0 aliphatic heterocycles. The van der Waals surface area contributed by atoms with E-state index in [1.165, 1.54) is 6.07 Å². The molecule has 0 heterocycles. The van der Waals surface area contributed by atoms with Gasteiger partial charge in [-0.3, -0.25) is 4.90 Å². The van der Waals surface area contributed by atoms with Crippen molar-refractivity contribution < 1.29 is 4.39 Å². The standard InChI is InChI=1S/C14H23FN2/c1-5-14(2,3)17(4)13(10-16)11-8-6-7-9-12(11)15/h6-9,13H,5,10,16H2,1-4H3. The van der Waals surface area contributed by atoms with E-state index < -0.39 is 0 Å². The molecule has 0 bridgehead atoms. The maximum atomic E-state index is 13.8. The van der Waals surface area contributed by atoms with Gasteiger partial charge < -0.3 is 5.73 Å². The molecular formula is C14H23FN2. The van der Waals surface area contributed by atoms with Crippen molar-refractivity contribution in [1.29, 1.82) is 0 Å². The molecule has 96 valence electrons. The molecule has 1 unspecified atom stereocenters. The van der Waals surface area contributed by atoms with Crippen molar-refractivity contribution in [3.05, 3.63) is 35.6 Å². The molecule has 17 heavy (non-hydrogen) atoms. The van der Waals surface area contributed by atoms with Crippen molar-refractivity contribution in [3.8, 4) is 0 Å². The first-order chi connectivity index (χ1) is 7.94. The second-order valence-electron chi connectivity index (χ2n) is 5.05. The van der Waals surface area contributed by atoms with Gasteiger partial charge in [0, 0.05) is 17.6 Å². The van der Waals surface area contributed by atoms with Crippen molar-refractivity contribution >= 4 is 0 Å². The van der Waals surface area contributed by atoms with Crippen molar-refractivity contribution in [2.24, 2.45) is 5.73 Å². The van der Waals surface area contributed by atoms with E-state index in [9.17, 15) is 4.39 Å². The molecule has 1 atom stereocenters. The smallest absolute Gasteiger partial charge is 0.128 e. The maximum Gasteiger partial charge on any atom is 0.128 e. The van der Waals surface area contributed by atoms with Crippen molar-refractivity contribution in [3.63, 3.8) is 0 Å². The lowest BCUT2D eigenvalue weighted by atomic mass is 9.94. The number of likely N-dealkylation sites (N-methyl/N-ethyl adjacent to an activating group) is 1. The number of hydrogen-bond donors (Lipinski definition) is 1. The molecule has 0 aromatic heterocycles. The molecule has 0 aliphatic carbocycles. The van der Waals surface area contributed by atoms with Crippen LogP contribution in [-0.4, -0.2) is 24.0 Å². The molecule has 1 aromatic rings. The van der Waals surface area contributed by atoms with Gasteiger partial charge in [-0.1, -0.05) is 25.1 Å². The molecule has 0 radical (unpaired) electrons. The Morgan fingerprint density at radius 3 is 2.41 bits per heavy atom. The lowest BCUT2D eigenvalue weighted by Crippen LogP contribution is -2.45. The molecule has 1 rings (SSSR count). The van der Waals surface area contributed by atoms with Gasteiger partial charge in [-0.15, -0.1) is 0 Å². The van der Waals surface area contributed by atoms with Gasteiger partial charge in [-0.05, 0) is 33.4 Å². The molecule has 1 aromatic carbocycles. The van der Waals surface area contributed by atoms with Gasteiger partial charge in [0.15, 0.2) is 0 Å². The number of nitrogens with zero attached hydrogens (tertiary/aromatic N) is 1. The zero-order valence-electron chi connectivity index (χ0n) is 11.2. The number of halogens is 1. The third-order valence-corrected chi connectivity index (χ3v) is 3.78. The first-order valence-corrected chi connectivity index (χ1v) is 6.11. The van der Waals surface area contributed by atoms with Crippen LogP contribution in [0.25, 0.3) is 0 Å². The predicted molar refractivity (Wildman–Crippen MR) is 70.3 cm³/mol. The number of benzene rings is 1. The van der Waals surface area contributed by atoms with E-state index in [2.05, 4.69) is 25.7 Å². The summed E-state index contributed by atoms with van der Waals surface area (Å²) in [6.45, 7) is 6.85. The normalized spacial score (nSPS) is 14.1. The Morgan fingerprint density at radius 2 is 1.94 bits per heavy atom. The molecule has 0 saturated heterocycles. The van der Waals surface area contributed by atoms with Crippen LogP contribution in [0, 0.1) is 5.82 Å². The summed E-state index contributed by atoms with van der Waals surface area (Å²) in [5.41, 5.74) is 6.50. The van der Waals surface area contributed by atoms with Crippen LogP contribution < -0.4 is 5.73 Å². The van der Waals surface area contributed by atoms with E-state index >= 15 is 0 Å². The Balaban J connectivity index is 3.04. The molecule has 2 N–H and O–H groups in total. The van der Waals surface area contributed by atoms with Gasteiger partial charge in [0.2, 0.25) is 0 Å². The number of nitrogens with two attached hydrogens (primary N) is 1. The first kappa shape index (κ1) is 14.1. The van der Waals surface area contributed by atoms with Crippen LogP contribution in [-0.2, 0) is 0 Å². The predicted octanol–water partition coefficient (Wildman–Crippen LogP) is 2.95. The largest absolute Gasteiger partial charge is 0.329 e. The topological polar surface area (TPSA) is 29.3 Å². The van der Waals surface area contributed by atoms with E-state index in [0.29, 0.717) is 12.1 Å². The zero-order chi connectivity index (χ0) is 13.1. The van der Waals surface area contributed by atoms with E-state index in [4.69, 9.17) is 5.73 Å². The minimum Gasteiger partial charge on any atom is -0.329 e. The third kappa shape index (κ3) is 3.05. The summed E-state index contributed by atoms with van der Waals surface area (Å²) >= 11 is 0. The number of hydrogen-bond acceptors (Lipinski definition) is 2. The second-order valence-corrected chi connectivity index (χ2v) is 5.05. The Labute approximate surface area is 104 Å². The fourth-order valence-corrected chi connectivity index (χ4v) is 1.91. The fourth-order valence-electron chi connectivity index (χ4n) is 1.91. The zero-order valence-corrected chi connectivity index (χ0v) is 11.2. The van der Waals surface area contributed by atoms with Crippen molar-refractivity contribution in [2.45, 2.75) is 38.8 Å². The van der Waals surface area contributed by atoms with Gasteiger partial charge in [0.05, 0.1) is 6.04 Å². The quantitative estimate of drug-likeness (QED) is 0.854. The van der Waals surface area contributed by atoms with Crippen LogP contribution in [0.15, 0.2) is 24.3 Å². The highest BCUT2D eigenvalue weighted by molar-refractivity contribution is 5.22. The molecule has 0 aliphatic rings. The fraction of sp³-hybridized carbons (Fsp3) is 0.571. The number of rotatable bonds is 5. The van der Waals surface area contributed by atoms with Crippen molar-refractivity contribution in [1.82, 2.24) is 4.90 Å². The summed E-state index contributed by atoms with van der Waals surface area (Å²) < 4.78 is 13.8. The summed E-state index contributed by atoms with van der Waals surface area (Å²) in [7, 11) is 2.01. The Kier molecular flexibility index (Phi) is 4.66. The summed E-state index contributed by atoms with van der Waals surface area (Å²) in [4.78, 5) is 2.16. The van der Waals surface area contributed by atoms with Crippen LogP contribution in [0.5, 0.6) is 0 Å². The second kappa shape index (κ2) is 5.61. The van der Waals surface area contributed by atoms with Gasteiger partial charge in [0.25, 0.3) is 0 Å². The summed E-state index contributed by atoms with van der Waals surface area (Å²) in [6, 6.07) is 6.79. The van der Waals surface area contributed by atoms with Crippen LogP contribution in [0.4, 0.5) is 4.39 Å². The highest BCUT2D eigenvalue weighted by Crippen LogP contribution is 2.29. The molecule has 0 spiro atoms. The van der Waals surface area contributed by atoms with E-state index in [1.807, 2.05) is 19.2 Å². The van der Waals surface area contributed by atoms with Gasteiger partial charge in [0.1, 0.15) is 5.82 Å². The molecular weight excluding hydrogens is 215 g/mol. The van der Waals surface area contributed by atoms with Crippen molar-refractivity contribution in [2.75, 3.05) is 13.6 Å². The average molecular weight is 238 g/mol. The van der Waals surface area contributed by atoms with Gasteiger partial charge in [-0.25, -0.2) is 4.39 Å². The Hall–Kier alpha value is -0.930. The lowest BCUT2D eigenvalue weighted by Gasteiger charge is -2.40. The third-order valence-electron chi connectivity index (χ3n) is 3.78.